The first-order chi connectivity index (χ1) is 17.6. The molecule has 2 N–H and O–H groups in total. The average molecular weight is 514 g/mol. The Bertz CT molecular complexity index is 1030. The molecule has 0 heterocycles. The molecule has 1 amide bonds. The Morgan fingerprint density at radius 2 is 1.78 bits per heavy atom. The number of ether oxygens (including phenoxy) is 3. The van der Waals surface area contributed by atoms with Crippen LogP contribution in [-0.2, 0) is 14.9 Å². The Balaban J connectivity index is 2.28. The van der Waals surface area contributed by atoms with E-state index in [1.807, 2.05) is 45.9 Å². The number of aromatic carboxylic acids is 1. The van der Waals surface area contributed by atoms with Gasteiger partial charge in [0.2, 0.25) is 5.91 Å². The summed E-state index contributed by atoms with van der Waals surface area (Å²) in [7, 11) is 1.62. The van der Waals surface area contributed by atoms with Crippen LogP contribution in [0.5, 0.6) is 11.5 Å². The van der Waals surface area contributed by atoms with E-state index in [2.05, 4.69) is 12.2 Å². The fraction of sp³-hybridized carbons (Fsp3) is 0.533. The van der Waals surface area contributed by atoms with Crippen LogP contribution in [0.4, 0.5) is 5.69 Å². The van der Waals surface area contributed by atoms with Crippen LogP contribution < -0.4 is 14.8 Å². The second-order valence-corrected chi connectivity index (χ2v) is 10.2. The van der Waals surface area contributed by atoms with Gasteiger partial charge in [0.05, 0.1) is 19.3 Å². The highest BCUT2D eigenvalue weighted by Gasteiger charge is 2.24. The third kappa shape index (κ3) is 9.39. The summed E-state index contributed by atoms with van der Waals surface area (Å²) < 4.78 is 16.8. The number of carbonyl (C=O) groups excluding carboxylic acids is 1. The van der Waals surface area contributed by atoms with E-state index in [4.69, 9.17) is 14.2 Å². The van der Waals surface area contributed by atoms with Crippen molar-refractivity contribution in [1.29, 1.82) is 0 Å². The molecule has 1 atom stereocenters. The molecule has 2 rings (SSSR count). The first kappa shape index (κ1) is 30.2. The van der Waals surface area contributed by atoms with Crippen molar-refractivity contribution >= 4 is 17.6 Å². The molecule has 7 nitrogen and oxygen atoms in total. The monoisotopic (exact) mass is 513 g/mol. The molecule has 204 valence electrons. The average Bonchev–Trinajstić information content (AvgIpc) is 2.85. The Labute approximate surface area is 221 Å². The number of anilines is 1. The van der Waals surface area contributed by atoms with E-state index in [-0.39, 0.29) is 29.2 Å². The predicted octanol–water partition coefficient (Wildman–Crippen LogP) is 6.80. The highest BCUT2D eigenvalue weighted by molar-refractivity contribution is 5.95. The van der Waals surface area contributed by atoms with E-state index in [0.717, 1.165) is 36.8 Å². The third-order valence-corrected chi connectivity index (χ3v) is 6.28. The number of unbranched alkanes of at least 4 members (excludes halogenated alkanes) is 2. The Morgan fingerprint density at radius 3 is 2.41 bits per heavy atom. The number of hydrogen-bond donors (Lipinski definition) is 2. The van der Waals surface area contributed by atoms with Gasteiger partial charge in [-0.25, -0.2) is 4.79 Å². The molecule has 0 fully saturated rings. The molecule has 0 saturated heterocycles. The second-order valence-electron chi connectivity index (χ2n) is 10.2. The number of nitrogens with one attached hydrogen (secondary N) is 1. The van der Waals surface area contributed by atoms with Crippen molar-refractivity contribution in [2.45, 2.75) is 78.1 Å². The second kappa shape index (κ2) is 14.6. The molecule has 0 aliphatic carbocycles. The normalized spacial score (nSPS) is 12.2. The van der Waals surface area contributed by atoms with E-state index in [0.29, 0.717) is 37.0 Å². The molecule has 2 aromatic carbocycles. The Morgan fingerprint density at radius 1 is 1.03 bits per heavy atom. The molecule has 0 spiro atoms. The highest BCUT2D eigenvalue weighted by atomic mass is 16.5. The predicted molar refractivity (Wildman–Crippen MR) is 147 cm³/mol. The number of carboxylic acid groups (broad SMARTS) is 1. The fourth-order valence-corrected chi connectivity index (χ4v) is 4.35. The Hall–Kier alpha value is -3.06. The van der Waals surface area contributed by atoms with Gasteiger partial charge in [0.25, 0.3) is 0 Å². The van der Waals surface area contributed by atoms with Crippen molar-refractivity contribution < 1.29 is 28.9 Å². The number of carboxylic acids is 1. The molecular weight excluding hydrogens is 470 g/mol. The molecule has 37 heavy (non-hydrogen) atoms. The van der Waals surface area contributed by atoms with Crippen molar-refractivity contribution in [1.82, 2.24) is 0 Å². The number of methoxy groups -OCH3 is 1. The lowest BCUT2D eigenvalue weighted by Crippen LogP contribution is -2.21. The van der Waals surface area contributed by atoms with Gasteiger partial charge in [-0.2, -0.15) is 0 Å². The van der Waals surface area contributed by atoms with Gasteiger partial charge in [-0.15, -0.1) is 0 Å². The molecule has 1 unspecified atom stereocenters. The van der Waals surface area contributed by atoms with E-state index in [1.165, 1.54) is 0 Å². The van der Waals surface area contributed by atoms with Gasteiger partial charge in [-0.3, -0.25) is 4.79 Å². The van der Waals surface area contributed by atoms with Crippen molar-refractivity contribution in [3.8, 4) is 11.5 Å². The summed E-state index contributed by atoms with van der Waals surface area (Å²) in [4.78, 5) is 24.9. The molecule has 0 aliphatic heterocycles. The van der Waals surface area contributed by atoms with E-state index in [9.17, 15) is 14.7 Å². The lowest BCUT2D eigenvalue weighted by atomic mass is 9.85. The maximum absolute atomic E-state index is 13.3. The third-order valence-electron chi connectivity index (χ3n) is 6.28. The summed E-state index contributed by atoms with van der Waals surface area (Å²) in [5.41, 5.74) is 2.27. The zero-order chi connectivity index (χ0) is 27.4. The summed E-state index contributed by atoms with van der Waals surface area (Å²) in [6.07, 6.45) is 4.24. The van der Waals surface area contributed by atoms with Gasteiger partial charge >= 0.3 is 5.97 Å². The van der Waals surface area contributed by atoms with Gasteiger partial charge in [-0.1, -0.05) is 59.1 Å². The number of benzene rings is 2. The first-order valence-electron chi connectivity index (χ1n) is 13.2. The molecule has 7 heteroatoms. The molecule has 0 aliphatic rings. The summed E-state index contributed by atoms with van der Waals surface area (Å²) in [6.45, 7) is 11.8. The van der Waals surface area contributed by atoms with Crippen molar-refractivity contribution in [2.24, 2.45) is 0 Å². The lowest BCUT2D eigenvalue weighted by molar-refractivity contribution is -0.116. The van der Waals surface area contributed by atoms with Crippen LogP contribution >= 0.6 is 0 Å². The zero-order valence-electron chi connectivity index (χ0n) is 23.2. The minimum atomic E-state index is -1.03. The molecule has 2 aromatic rings. The molecular formula is C30H43NO6. The molecule has 0 aromatic heterocycles. The van der Waals surface area contributed by atoms with Crippen LogP contribution in [0, 0.1) is 0 Å². The van der Waals surface area contributed by atoms with Gasteiger partial charge in [0.15, 0.2) is 0 Å². The number of carbonyl (C=O) groups is 2. The number of amides is 1. The van der Waals surface area contributed by atoms with E-state index in [1.54, 1.807) is 25.3 Å². The van der Waals surface area contributed by atoms with Gasteiger partial charge < -0.3 is 24.6 Å². The molecule has 0 saturated carbocycles. The van der Waals surface area contributed by atoms with Crippen molar-refractivity contribution in [3.05, 3.63) is 53.1 Å². The topological polar surface area (TPSA) is 94.1 Å². The van der Waals surface area contributed by atoms with Crippen LogP contribution in [0.15, 0.2) is 36.4 Å². The van der Waals surface area contributed by atoms with Gasteiger partial charge in [-0.05, 0) is 54.0 Å². The van der Waals surface area contributed by atoms with Crippen LogP contribution in [0.1, 0.15) is 94.1 Å². The number of rotatable bonds is 15. The molecule has 0 bridgehead atoms. The lowest BCUT2D eigenvalue weighted by Gasteiger charge is -2.25. The first-order valence-corrected chi connectivity index (χ1v) is 13.2. The summed E-state index contributed by atoms with van der Waals surface area (Å²) >= 11 is 0. The van der Waals surface area contributed by atoms with E-state index >= 15 is 0 Å². The van der Waals surface area contributed by atoms with Crippen LogP contribution in [0.25, 0.3) is 0 Å². The fourth-order valence-electron chi connectivity index (χ4n) is 4.35. The largest absolute Gasteiger partial charge is 0.496 e. The van der Waals surface area contributed by atoms with Crippen LogP contribution in [-0.4, -0.2) is 43.9 Å². The summed E-state index contributed by atoms with van der Waals surface area (Å²) in [5.74, 6) is 0.138. The smallest absolute Gasteiger partial charge is 0.335 e. The SMILES string of the molecule is CCCCCC(CC(=O)Nc1cc(C(=O)O)ccc1C(C)(C)C)c1ccc(OCCOCC)cc1OC. The van der Waals surface area contributed by atoms with Gasteiger partial charge in [0.1, 0.15) is 18.1 Å². The summed E-state index contributed by atoms with van der Waals surface area (Å²) in [5, 5.41) is 12.5. The van der Waals surface area contributed by atoms with Gasteiger partial charge in [0, 0.05) is 24.8 Å². The number of hydrogen-bond acceptors (Lipinski definition) is 5. The van der Waals surface area contributed by atoms with Crippen LogP contribution in [0.3, 0.4) is 0 Å². The quantitative estimate of drug-likeness (QED) is 0.254. The van der Waals surface area contributed by atoms with Crippen molar-refractivity contribution in [3.63, 3.8) is 0 Å². The standard InChI is InChI=1S/C30H43NO6/c1-7-9-10-11-21(24-14-13-23(20-27(24)35-6)37-17-16-36-8-2)19-28(32)31-26-18-22(29(33)34)12-15-25(26)30(3,4)5/h12-15,18,20-21H,7-11,16-17,19H2,1-6H3,(H,31,32)(H,33,34). The molecule has 0 radical (unpaired) electrons. The Kier molecular flexibility index (Phi) is 11.9. The minimum absolute atomic E-state index is 0.0558. The summed E-state index contributed by atoms with van der Waals surface area (Å²) in [6, 6.07) is 10.6. The maximum Gasteiger partial charge on any atom is 0.335 e. The minimum Gasteiger partial charge on any atom is -0.496 e. The van der Waals surface area contributed by atoms with Crippen molar-refractivity contribution in [2.75, 3.05) is 32.2 Å². The van der Waals surface area contributed by atoms with E-state index < -0.39 is 5.97 Å². The zero-order valence-corrected chi connectivity index (χ0v) is 23.2. The highest BCUT2D eigenvalue weighted by Crippen LogP contribution is 2.37. The van der Waals surface area contributed by atoms with Crippen LogP contribution in [0.2, 0.25) is 0 Å². The maximum atomic E-state index is 13.3.